The summed E-state index contributed by atoms with van der Waals surface area (Å²) in [5.74, 6) is 1.02. The van der Waals surface area contributed by atoms with Crippen molar-refractivity contribution < 1.29 is 18.8 Å². The number of nitrogens with one attached hydrogen (secondary N) is 1. The van der Waals surface area contributed by atoms with Gasteiger partial charge in [0.05, 0.1) is 5.69 Å². The lowest BCUT2D eigenvalue weighted by molar-refractivity contribution is -0.123. The molecule has 3 aromatic rings. The predicted octanol–water partition coefficient (Wildman–Crippen LogP) is 2.66. The van der Waals surface area contributed by atoms with Crippen LogP contribution in [0.2, 0.25) is 0 Å². The Labute approximate surface area is 161 Å². The highest BCUT2D eigenvalue weighted by atomic mass is 16.5. The topological polar surface area (TPSA) is 97.6 Å². The molecule has 4 rings (SSSR count). The molecule has 1 N–H and O–H groups in total. The maximum Gasteiger partial charge on any atom is 0.265 e. The van der Waals surface area contributed by atoms with Gasteiger partial charge in [-0.25, -0.2) is 0 Å². The van der Waals surface area contributed by atoms with Crippen molar-refractivity contribution in [2.75, 3.05) is 23.4 Å². The van der Waals surface area contributed by atoms with Crippen LogP contribution in [0.4, 0.5) is 11.4 Å². The molecule has 0 aliphatic carbocycles. The molecule has 1 aromatic heterocycles. The van der Waals surface area contributed by atoms with Crippen LogP contribution in [0.15, 0.2) is 53.1 Å². The molecule has 8 heteroatoms. The van der Waals surface area contributed by atoms with Gasteiger partial charge >= 0.3 is 0 Å². The first-order valence-electron chi connectivity index (χ1n) is 8.89. The van der Waals surface area contributed by atoms with Crippen molar-refractivity contribution >= 4 is 23.2 Å². The number of anilines is 2. The Kier molecular flexibility index (Phi) is 4.76. The highest BCUT2D eigenvalue weighted by Crippen LogP contribution is 2.31. The van der Waals surface area contributed by atoms with Crippen LogP contribution in [-0.2, 0) is 16.0 Å². The third kappa shape index (κ3) is 3.57. The summed E-state index contributed by atoms with van der Waals surface area (Å²) in [6.07, 6.45) is 0.651. The van der Waals surface area contributed by atoms with Crippen molar-refractivity contribution in [3.63, 3.8) is 0 Å². The summed E-state index contributed by atoms with van der Waals surface area (Å²) in [4.78, 5) is 30.5. The van der Waals surface area contributed by atoms with E-state index in [1.165, 1.54) is 4.90 Å². The molecule has 2 amide bonds. The van der Waals surface area contributed by atoms with E-state index in [1.807, 2.05) is 19.1 Å². The van der Waals surface area contributed by atoms with Crippen molar-refractivity contribution in [3.05, 3.63) is 54.4 Å². The summed E-state index contributed by atoms with van der Waals surface area (Å²) in [5, 5.41) is 6.75. The van der Waals surface area contributed by atoms with E-state index in [4.69, 9.17) is 9.26 Å². The summed E-state index contributed by atoms with van der Waals surface area (Å²) < 4.78 is 10.5. The molecule has 0 bridgehead atoms. The predicted molar refractivity (Wildman–Crippen MR) is 102 cm³/mol. The number of hydrogen-bond donors (Lipinski definition) is 1. The van der Waals surface area contributed by atoms with E-state index in [2.05, 4.69) is 15.5 Å². The first-order chi connectivity index (χ1) is 13.6. The van der Waals surface area contributed by atoms with E-state index in [-0.39, 0.29) is 25.0 Å². The highest BCUT2D eigenvalue weighted by molar-refractivity contribution is 6.05. The number of para-hydroxylation sites is 2. The number of ether oxygens (including phenoxy) is 1. The Morgan fingerprint density at radius 2 is 2.07 bits per heavy atom. The molecule has 0 saturated heterocycles. The quantitative estimate of drug-likeness (QED) is 0.733. The smallest absolute Gasteiger partial charge is 0.265 e. The number of hydrogen-bond acceptors (Lipinski definition) is 6. The fourth-order valence-corrected chi connectivity index (χ4v) is 2.92. The molecule has 0 unspecified atom stereocenters. The molecule has 0 fully saturated rings. The van der Waals surface area contributed by atoms with Gasteiger partial charge in [0.15, 0.2) is 6.61 Å². The maximum atomic E-state index is 12.5. The van der Waals surface area contributed by atoms with E-state index >= 15 is 0 Å². The molecule has 28 heavy (non-hydrogen) atoms. The van der Waals surface area contributed by atoms with Gasteiger partial charge in [-0.15, -0.1) is 0 Å². The molecule has 142 valence electrons. The minimum atomic E-state index is -0.315. The van der Waals surface area contributed by atoms with Crippen molar-refractivity contribution in [1.82, 2.24) is 10.1 Å². The van der Waals surface area contributed by atoms with E-state index in [9.17, 15) is 9.59 Å². The Bertz CT molecular complexity index is 1030. The van der Waals surface area contributed by atoms with Crippen LogP contribution in [0.25, 0.3) is 11.4 Å². The Hall–Kier alpha value is -3.68. The molecule has 2 aromatic carbocycles. The molecule has 8 nitrogen and oxygen atoms in total. The number of nitrogens with zero attached hydrogens (tertiary/aromatic N) is 3. The molecule has 0 saturated carbocycles. The second kappa shape index (κ2) is 7.51. The molecule has 1 aliphatic rings. The number of aromatic nitrogens is 2. The number of aryl methyl sites for hydroxylation is 1. The van der Waals surface area contributed by atoms with Crippen LogP contribution in [0.3, 0.4) is 0 Å². The van der Waals surface area contributed by atoms with Crippen LogP contribution in [0.1, 0.15) is 12.8 Å². The third-order valence-corrected chi connectivity index (χ3v) is 4.29. The normalized spacial score (nSPS) is 13.0. The van der Waals surface area contributed by atoms with Crippen molar-refractivity contribution in [1.29, 1.82) is 0 Å². The minimum Gasteiger partial charge on any atom is -0.482 e. The number of benzene rings is 2. The first-order valence-corrected chi connectivity index (χ1v) is 8.89. The molecule has 1 aliphatic heterocycles. The van der Waals surface area contributed by atoms with E-state index in [0.29, 0.717) is 35.3 Å². The molecule has 2 heterocycles. The van der Waals surface area contributed by atoms with E-state index in [1.54, 1.807) is 36.4 Å². The third-order valence-electron chi connectivity index (χ3n) is 4.29. The lowest BCUT2D eigenvalue weighted by Gasteiger charge is -2.28. The van der Waals surface area contributed by atoms with Gasteiger partial charge in [0.1, 0.15) is 12.3 Å². The molecular weight excluding hydrogens is 360 g/mol. The van der Waals surface area contributed by atoms with Crippen LogP contribution in [0, 0.1) is 0 Å². The summed E-state index contributed by atoms with van der Waals surface area (Å²) in [6, 6.07) is 14.3. The van der Waals surface area contributed by atoms with Gasteiger partial charge in [0.2, 0.25) is 17.6 Å². The van der Waals surface area contributed by atoms with Gasteiger partial charge in [0, 0.05) is 17.7 Å². The lowest BCUT2D eigenvalue weighted by atomic mass is 10.2. The van der Waals surface area contributed by atoms with Gasteiger partial charge in [0.25, 0.3) is 5.91 Å². The standard InChI is InChI=1S/C20H18N4O4/c1-2-18-22-20(23-28-18)13-6-5-7-14(10-13)21-17(25)11-24-15-8-3-4-9-16(15)27-12-19(24)26/h3-10H,2,11-12H2,1H3,(H,21,25). The van der Waals surface area contributed by atoms with Crippen LogP contribution in [0.5, 0.6) is 5.75 Å². The van der Waals surface area contributed by atoms with Gasteiger partial charge in [-0.05, 0) is 24.3 Å². The summed E-state index contributed by atoms with van der Waals surface area (Å²) in [5.41, 5.74) is 1.90. The second-order valence-electron chi connectivity index (χ2n) is 6.23. The summed E-state index contributed by atoms with van der Waals surface area (Å²) in [6.45, 7) is 1.74. The average molecular weight is 378 g/mol. The van der Waals surface area contributed by atoms with Crippen LogP contribution >= 0.6 is 0 Å². The van der Waals surface area contributed by atoms with Crippen molar-refractivity contribution in [2.24, 2.45) is 0 Å². The highest BCUT2D eigenvalue weighted by Gasteiger charge is 2.27. The number of carbonyl (C=O) groups excluding carboxylic acids is 2. The SMILES string of the molecule is CCc1nc(-c2cccc(NC(=O)CN3C(=O)COc4ccccc43)c2)no1. The zero-order valence-corrected chi connectivity index (χ0v) is 15.2. The minimum absolute atomic E-state index is 0.0859. The van der Waals surface area contributed by atoms with E-state index < -0.39 is 0 Å². The fraction of sp³-hybridized carbons (Fsp3) is 0.200. The van der Waals surface area contributed by atoms with Gasteiger partial charge in [-0.2, -0.15) is 4.98 Å². The number of carbonyl (C=O) groups is 2. The summed E-state index contributed by atoms with van der Waals surface area (Å²) in [7, 11) is 0. The zero-order valence-electron chi connectivity index (χ0n) is 15.2. The summed E-state index contributed by atoms with van der Waals surface area (Å²) >= 11 is 0. The van der Waals surface area contributed by atoms with Crippen LogP contribution in [-0.4, -0.2) is 35.1 Å². The first kappa shape index (κ1) is 17.7. The lowest BCUT2D eigenvalue weighted by Crippen LogP contribution is -2.43. The average Bonchev–Trinajstić information content (AvgIpc) is 3.20. The van der Waals surface area contributed by atoms with Crippen molar-refractivity contribution in [3.8, 4) is 17.1 Å². The van der Waals surface area contributed by atoms with Crippen molar-refractivity contribution in [2.45, 2.75) is 13.3 Å². The Balaban J connectivity index is 1.49. The second-order valence-corrected chi connectivity index (χ2v) is 6.23. The van der Waals surface area contributed by atoms with Gasteiger partial charge in [-0.3, -0.25) is 14.5 Å². The maximum absolute atomic E-state index is 12.5. The monoisotopic (exact) mass is 378 g/mol. The Morgan fingerprint density at radius 1 is 1.21 bits per heavy atom. The number of rotatable bonds is 5. The molecule has 0 atom stereocenters. The zero-order chi connectivity index (χ0) is 19.5. The molecule has 0 spiro atoms. The molecule has 0 radical (unpaired) electrons. The van der Waals surface area contributed by atoms with E-state index in [0.717, 1.165) is 5.56 Å². The largest absolute Gasteiger partial charge is 0.482 e. The van der Waals surface area contributed by atoms with Gasteiger partial charge < -0.3 is 14.6 Å². The number of fused-ring (bicyclic) bond motifs is 1. The fourth-order valence-electron chi connectivity index (χ4n) is 2.92. The molecular formula is C20H18N4O4. The van der Waals surface area contributed by atoms with Gasteiger partial charge in [-0.1, -0.05) is 36.3 Å². The van der Waals surface area contributed by atoms with Crippen LogP contribution < -0.4 is 15.0 Å². The Morgan fingerprint density at radius 3 is 2.89 bits per heavy atom. The number of amides is 2.